The number of hydrogen-bond acceptors (Lipinski definition) is 4. The van der Waals surface area contributed by atoms with E-state index < -0.39 is 0 Å². The topological polar surface area (TPSA) is 42.4 Å². The fraction of sp³-hybridized carbons (Fsp3) is 0.294. The van der Waals surface area contributed by atoms with Gasteiger partial charge in [-0.05, 0) is 44.4 Å². The standard InChI is InChI=1S/C17H18N2O2/c1-19(2)10-13-11-21-16-7-6-12(9-14(16)17(13)20)15-5-3-4-8-18-15/h3-9,13H,10-11H2,1-2H3. The van der Waals surface area contributed by atoms with Crippen molar-refractivity contribution in [2.24, 2.45) is 5.92 Å². The van der Waals surface area contributed by atoms with Gasteiger partial charge < -0.3 is 9.64 Å². The summed E-state index contributed by atoms with van der Waals surface area (Å²) in [6, 6.07) is 11.5. The Labute approximate surface area is 124 Å². The summed E-state index contributed by atoms with van der Waals surface area (Å²) in [6.07, 6.45) is 1.75. The third-order valence-electron chi connectivity index (χ3n) is 3.60. The number of ketones is 1. The maximum absolute atomic E-state index is 12.6. The van der Waals surface area contributed by atoms with Gasteiger partial charge in [-0.2, -0.15) is 0 Å². The molecular weight excluding hydrogens is 264 g/mol. The molecule has 0 radical (unpaired) electrons. The molecule has 0 bridgehead atoms. The Morgan fingerprint density at radius 1 is 1.29 bits per heavy atom. The summed E-state index contributed by atoms with van der Waals surface area (Å²) in [5.41, 5.74) is 2.47. The van der Waals surface area contributed by atoms with E-state index in [1.165, 1.54) is 0 Å². The summed E-state index contributed by atoms with van der Waals surface area (Å²) in [6.45, 7) is 1.15. The van der Waals surface area contributed by atoms with Crippen molar-refractivity contribution in [2.75, 3.05) is 27.2 Å². The van der Waals surface area contributed by atoms with E-state index in [0.717, 1.165) is 11.3 Å². The highest BCUT2D eigenvalue weighted by atomic mass is 16.5. The molecule has 1 atom stereocenters. The van der Waals surface area contributed by atoms with Crippen LogP contribution in [-0.2, 0) is 0 Å². The molecule has 2 aromatic rings. The summed E-state index contributed by atoms with van der Waals surface area (Å²) in [5, 5.41) is 0. The number of ether oxygens (including phenoxy) is 1. The lowest BCUT2D eigenvalue weighted by molar-refractivity contribution is 0.0796. The number of nitrogens with zero attached hydrogens (tertiary/aromatic N) is 2. The number of carbonyl (C=O) groups excluding carboxylic acids is 1. The van der Waals surface area contributed by atoms with Crippen LogP contribution in [0.2, 0.25) is 0 Å². The summed E-state index contributed by atoms with van der Waals surface area (Å²) in [5.74, 6) is 0.726. The lowest BCUT2D eigenvalue weighted by Crippen LogP contribution is -2.35. The highest BCUT2D eigenvalue weighted by Gasteiger charge is 2.29. The predicted molar refractivity (Wildman–Crippen MR) is 81.5 cm³/mol. The van der Waals surface area contributed by atoms with Crippen LogP contribution < -0.4 is 4.74 Å². The lowest BCUT2D eigenvalue weighted by Gasteiger charge is -2.26. The van der Waals surface area contributed by atoms with Gasteiger partial charge in [0.1, 0.15) is 5.75 Å². The molecule has 4 heteroatoms. The van der Waals surface area contributed by atoms with E-state index in [0.29, 0.717) is 24.5 Å². The predicted octanol–water partition coefficient (Wildman–Crippen LogP) is 2.50. The van der Waals surface area contributed by atoms with E-state index in [4.69, 9.17) is 4.74 Å². The van der Waals surface area contributed by atoms with Gasteiger partial charge in [0.2, 0.25) is 0 Å². The van der Waals surface area contributed by atoms with Gasteiger partial charge >= 0.3 is 0 Å². The minimum atomic E-state index is -0.105. The summed E-state index contributed by atoms with van der Waals surface area (Å²) < 4.78 is 5.73. The smallest absolute Gasteiger partial charge is 0.174 e. The molecular formula is C17H18N2O2. The van der Waals surface area contributed by atoms with Crippen LogP contribution in [0.25, 0.3) is 11.3 Å². The number of hydrogen-bond donors (Lipinski definition) is 0. The Balaban J connectivity index is 1.95. The Bertz CT molecular complexity index is 653. The van der Waals surface area contributed by atoms with Gasteiger partial charge in [0.05, 0.1) is 23.8 Å². The summed E-state index contributed by atoms with van der Waals surface area (Å²) in [4.78, 5) is 19.0. The molecule has 0 amide bonds. The zero-order chi connectivity index (χ0) is 14.8. The van der Waals surface area contributed by atoms with E-state index in [2.05, 4.69) is 4.98 Å². The Morgan fingerprint density at radius 2 is 2.14 bits per heavy atom. The highest BCUT2D eigenvalue weighted by molar-refractivity contribution is 6.02. The van der Waals surface area contributed by atoms with Crippen molar-refractivity contribution in [3.05, 3.63) is 48.2 Å². The van der Waals surface area contributed by atoms with Gasteiger partial charge in [-0.25, -0.2) is 0 Å². The number of pyridine rings is 1. The number of aromatic nitrogens is 1. The van der Waals surface area contributed by atoms with E-state index in [-0.39, 0.29) is 11.7 Å². The number of Topliss-reactive ketones (excluding diaryl/α,β-unsaturated/α-hetero) is 1. The van der Waals surface area contributed by atoms with Crippen LogP contribution >= 0.6 is 0 Å². The largest absolute Gasteiger partial charge is 0.492 e. The zero-order valence-electron chi connectivity index (χ0n) is 12.2. The van der Waals surface area contributed by atoms with Crippen molar-refractivity contribution in [1.82, 2.24) is 9.88 Å². The second kappa shape index (κ2) is 5.66. The Kier molecular flexibility index (Phi) is 3.71. The minimum Gasteiger partial charge on any atom is -0.492 e. The second-order valence-corrected chi connectivity index (χ2v) is 5.56. The highest BCUT2D eigenvalue weighted by Crippen LogP contribution is 2.31. The number of benzene rings is 1. The molecule has 1 aliphatic rings. The molecule has 1 aromatic carbocycles. The maximum Gasteiger partial charge on any atom is 0.174 e. The number of carbonyl (C=O) groups is 1. The quantitative estimate of drug-likeness (QED) is 0.867. The van der Waals surface area contributed by atoms with E-state index in [1.54, 1.807) is 6.20 Å². The first-order chi connectivity index (χ1) is 10.1. The number of rotatable bonds is 3. The first kappa shape index (κ1) is 13.8. The van der Waals surface area contributed by atoms with Crippen molar-refractivity contribution in [3.8, 4) is 17.0 Å². The normalized spacial score (nSPS) is 17.5. The average Bonchev–Trinajstić information content (AvgIpc) is 2.50. The van der Waals surface area contributed by atoms with Crippen LogP contribution in [0.5, 0.6) is 5.75 Å². The Morgan fingerprint density at radius 3 is 2.86 bits per heavy atom. The van der Waals surface area contributed by atoms with Gasteiger partial charge in [-0.1, -0.05) is 6.07 Å². The molecule has 2 heterocycles. The zero-order valence-corrected chi connectivity index (χ0v) is 12.2. The SMILES string of the molecule is CN(C)CC1COc2ccc(-c3ccccn3)cc2C1=O. The van der Waals surface area contributed by atoms with Crippen molar-refractivity contribution < 1.29 is 9.53 Å². The van der Waals surface area contributed by atoms with Gasteiger partial charge in [-0.3, -0.25) is 9.78 Å². The molecule has 108 valence electrons. The lowest BCUT2D eigenvalue weighted by atomic mass is 9.93. The van der Waals surface area contributed by atoms with Gasteiger partial charge in [0, 0.05) is 18.3 Å². The third kappa shape index (κ3) is 2.81. The molecule has 4 nitrogen and oxygen atoms in total. The van der Waals surface area contributed by atoms with Crippen molar-refractivity contribution >= 4 is 5.78 Å². The van der Waals surface area contributed by atoms with Crippen LogP contribution in [0.4, 0.5) is 0 Å². The van der Waals surface area contributed by atoms with Gasteiger partial charge in [0.15, 0.2) is 5.78 Å². The second-order valence-electron chi connectivity index (χ2n) is 5.56. The van der Waals surface area contributed by atoms with E-state index in [1.807, 2.05) is 55.4 Å². The van der Waals surface area contributed by atoms with E-state index in [9.17, 15) is 4.79 Å². The van der Waals surface area contributed by atoms with E-state index >= 15 is 0 Å². The minimum absolute atomic E-state index is 0.105. The molecule has 3 rings (SSSR count). The summed E-state index contributed by atoms with van der Waals surface area (Å²) >= 11 is 0. The van der Waals surface area contributed by atoms with Crippen LogP contribution in [0.1, 0.15) is 10.4 Å². The van der Waals surface area contributed by atoms with Crippen LogP contribution in [-0.4, -0.2) is 42.9 Å². The Hall–Kier alpha value is -2.20. The molecule has 0 saturated carbocycles. The first-order valence-electron chi connectivity index (χ1n) is 7.02. The molecule has 0 spiro atoms. The molecule has 0 aliphatic carbocycles. The third-order valence-corrected chi connectivity index (χ3v) is 3.60. The number of fused-ring (bicyclic) bond motifs is 1. The van der Waals surface area contributed by atoms with Crippen LogP contribution in [0, 0.1) is 5.92 Å². The first-order valence-corrected chi connectivity index (χ1v) is 7.02. The fourth-order valence-electron chi connectivity index (χ4n) is 2.60. The van der Waals surface area contributed by atoms with Crippen molar-refractivity contribution in [3.63, 3.8) is 0 Å². The molecule has 0 fully saturated rings. The molecule has 0 N–H and O–H groups in total. The molecule has 21 heavy (non-hydrogen) atoms. The molecule has 0 saturated heterocycles. The molecule has 1 unspecified atom stereocenters. The van der Waals surface area contributed by atoms with Gasteiger partial charge in [0.25, 0.3) is 0 Å². The van der Waals surface area contributed by atoms with Crippen LogP contribution in [0.15, 0.2) is 42.6 Å². The monoisotopic (exact) mass is 282 g/mol. The average molecular weight is 282 g/mol. The van der Waals surface area contributed by atoms with Crippen LogP contribution in [0.3, 0.4) is 0 Å². The summed E-state index contributed by atoms with van der Waals surface area (Å²) in [7, 11) is 3.93. The maximum atomic E-state index is 12.6. The molecule has 1 aromatic heterocycles. The molecule has 1 aliphatic heterocycles. The fourth-order valence-corrected chi connectivity index (χ4v) is 2.60. The van der Waals surface area contributed by atoms with Crippen molar-refractivity contribution in [2.45, 2.75) is 0 Å². The van der Waals surface area contributed by atoms with Crippen molar-refractivity contribution in [1.29, 1.82) is 0 Å². The van der Waals surface area contributed by atoms with Gasteiger partial charge in [-0.15, -0.1) is 0 Å².